The number of halogens is 3. The van der Waals surface area contributed by atoms with Gasteiger partial charge in [-0.2, -0.15) is 0 Å². The molecule has 7 nitrogen and oxygen atoms in total. The first-order valence-corrected chi connectivity index (χ1v) is 15.7. The molecule has 4 aromatic rings. The van der Waals surface area contributed by atoms with E-state index >= 15 is 0 Å². The van der Waals surface area contributed by atoms with Crippen molar-refractivity contribution in [3.05, 3.63) is 130 Å². The number of carbonyl (C=O) groups excluding carboxylic acids is 2. The van der Waals surface area contributed by atoms with Crippen LogP contribution in [0.4, 0.5) is 10.1 Å². The smallest absolute Gasteiger partial charge is 0.264 e. The maximum absolute atomic E-state index is 14.9. The highest BCUT2D eigenvalue weighted by Gasteiger charge is 2.35. The van der Waals surface area contributed by atoms with Gasteiger partial charge in [-0.15, -0.1) is 0 Å². The topological polar surface area (TPSA) is 86.8 Å². The van der Waals surface area contributed by atoms with Crippen LogP contribution in [0.25, 0.3) is 0 Å². The van der Waals surface area contributed by atoms with E-state index in [9.17, 15) is 22.4 Å². The van der Waals surface area contributed by atoms with Crippen molar-refractivity contribution in [2.45, 2.75) is 30.8 Å². The van der Waals surface area contributed by atoms with Gasteiger partial charge < -0.3 is 10.2 Å². The summed E-state index contributed by atoms with van der Waals surface area (Å²) in [6.07, 6.45) is 0.112. The van der Waals surface area contributed by atoms with Crippen LogP contribution >= 0.6 is 23.2 Å². The van der Waals surface area contributed by atoms with Crippen LogP contribution in [0.1, 0.15) is 18.1 Å². The Bertz CT molecular complexity index is 1650. The third-order valence-electron chi connectivity index (χ3n) is 6.67. The second-order valence-electron chi connectivity index (χ2n) is 9.67. The van der Waals surface area contributed by atoms with Gasteiger partial charge in [0.1, 0.15) is 18.4 Å². The normalized spacial score (nSPS) is 11.9. The lowest BCUT2D eigenvalue weighted by Gasteiger charge is -2.34. The SMILES string of the molecule is CCNC(=O)[C@H](Cc1ccccc1)N(Cc1ccccc1F)C(=O)CN(c1cc(Cl)cc(Cl)c1)S(=O)(=O)c1ccccc1. The molecule has 0 fully saturated rings. The molecule has 1 atom stereocenters. The van der Waals surface area contributed by atoms with Crippen molar-refractivity contribution in [1.29, 1.82) is 0 Å². The van der Waals surface area contributed by atoms with Gasteiger partial charge in [-0.05, 0) is 48.9 Å². The number of sulfonamides is 1. The van der Waals surface area contributed by atoms with Gasteiger partial charge in [-0.25, -0.2) is 12.8 Å². The van der Waals surface area contributed by atoms with E-state index in [-0.39, 0.29) is 39.2 Å². The Hall–Kier alpha value is -3.92. The number of hydrogen-bond acceptors (Lipinski definition) is 4. The van der Waals surface area contributed by atoms with E-state index in [0.717, 1.165) is 9.87 Å². The molecule has 2 amide bonds. The van der Waals surface area contributed by atoms with Gasteiger partial charge in [-0.3, -0.25) is 13.9 Å². The number of rotatable bonds is 12. The summed E-state index contributed by atoms with van der Waals surface area (Å²) in [5.74, 6) is -1.75. The zero-order valence-corrected chi connectivity index (χ0v) is 25.6. The molecule has 43 heavy (non-hydrogen) atoms. The molecular weight excluding hydrogens is 612 g/mol. The number of anilines is 1. The molecule has 11 heteroatoms. The monoisotopic (exact) mass is 641 g/mol. The Morgan fingerprint density at radius 1 is 0.860 bits per heavy atom. The van der Waals surface area contributed by atoms with Crippen molar-refractivity contribution < 1.29 is 22.4 Å². The van der Waals surface area contributed by atoms with Crippen LogP contribution in [0.15, 0.2) is 108 Å². The molecular formula is C32H30Cl2FN3O4S. The third kappa shape index (κ3) is 8.13. The van der Waals surface area contributed by atoms with Crippen LogP contribution in [0.3, 0.4) is 0 Å². The van der Waals surface area contributed by atoms with Crippen LogP contribution in [-0.2, 0) is 32.6 Å². The quantitative estimate of drug-likeness (QED) is 0.202. The van der Waals surface area contributed by atoms with Crippen LogP contribution in [0.5, 0.6) is 0 Å². The molecule has 0 spiro atoms. The van der Waals surface area contributed by atoms with Gasteiger partial charge in [-0.1, -0.05) is 89.9 Å². The molecule has 1 N–H and O–H groups in total. The van der Waals surface area contributed by atoms with Crippen molar-refractivity contribution in [3.8, 4) is 0 Å². The summed E-state index contributed by atoms with van der Waals surface area (Å²) >= 11 is 12.5. The Morgan fingerprint density at radius 3 is 2.05 bits per heavy atom. The van der Waals surface area contributed by atoms with E-state index in [4.69, 9.17) is 23.2 Å². The van der Waals surface area contributed by atoms with E-state index < -0.39 is 40.2 Å². The van der Waals surface area contributed by atoms with Gasteiger partial charge >= 0.3 is 0 Å². The summed E-state index contributed by atoms with van der Waals surface area (Å²) in [6.45, 7) is 1.04. The predicted octanol–water partition coefficient (Wildman–Crippen LogP) is 6.10. The molecule has 0 radical (unpaired) electrons. The molecule has 0 aliphatic heterocycles. The Labute approximate surface area is 260 Å². The highest BCUT2D eigenvalue weighted by molar-refractivity contribution is 7.92. The molecule has 0 unspecified atom stereocenters. The van der Waals surface area contributed by atoms with E-state index in [1.54, 1.807) is 31.2 Å². The van der Waals surface area contributed by atoms with Crippen molar-refractivity contribution in [3.63, 3.8) is 0 Å². The van der Waals surface area contributed by atoms with Crippen LogP contribution in [-0.4, -0.2) is 44.3 Å². The largest absolute Gasteiger partial charge is 0.355 e. The van der Waals surface area contributed by atoms with Crippen molar-refractivity contribution in [1.82, 2.24) is 10.2 Å². The Morgan fingerprint density at radius 2 is 1.44 bits per heavy atom. The molecule has 0 saturated carbocycles. The Balaban J connectivity index is 1.82. The fourth-order valence-electron chi connectivity index (χ4n) is 4.59. The first kappa shape index (κ1) is 32.0. The highest BCUT2D eigenvalue weighted by Crippen LogP contribution is 2.30. The zero-order valence-electron chi connectivity index (χ0n) is 23.3. The first-order valence-electron chi connectivity index (χ1n) is 13.5. The van der Waals surface area contributed by atoms with Crippen LogP contribution in [0.2, 0.25) is 10.0 Å². The van der Waals surface area contributed by atoms with Gasteiger partial charge in [0.25, 0.3) is 10.0 Å². The lowest BCUT2D eigenvalue weighted by Crippen LogP contribution is -2.53. The maximum Gasteiger partial charge on any atom is 0.264 e. The summed E-state index contributed by atoms with van der Waals surface area (Å²) in [5, 5.41) is 3.09. The van der Waals surface area contributed by atoms with Gasteiger partial charge in [0.05, 0.1) is 10.6 Å². The van der Waals surface area contributed by atoms with Crippen LogP contribution < -0.4 is 9.62 Å². The number of nitrogens with zero attached hydrogens (tertiary/aromatic N) is 2. The third-order valence-corrected chi connectivity index (χ3v) is 8.89. The summed E-state index contributed by atoms with van der Waals surface area (Å²) in [7, 11) is -4.32. The predicted molar refractivity (Wildman–Crippen MR) is 167 cm³/mol. The standard InChI is InChI=1S/C32H30Cl2FN3O4S/c1-2-36-32(40)30(17-23-11-5-3-6-12-23)37(21-24-13-9-10-16-29(24)35)31(39)22-38(27-19-25(33)18-26(34)20-27)43(41,42)28-14-7-4-8-15-28/h3-16,18-20,30H,2,17,21-22H2,1H3,(H,36,40)/t30-/m0/s1. The van der Waals surface area contributed by atoms with E-state index in [1.807, 2.05) is 30.3 Å². The molecule has 0 aliphatic rings. The van der Waals surface area contributed by atoms with Crippen molar-refractivity contribution in [2.75, 3.05) is 17.4 Å². The molecule has 0 heterocycles. The van der Waals surface area contributed by atoms with Gasteiger partial charge in [0, 0.05) is 35.1 Å². The number of nitrogens with one attached hydrogen (secondary N) is 1. The van der Waals surface area contributed by atoms with E-state index in [0.29, 0.717) is 6.54 Å². The first-order chi connectivity index (χ1) is 20.6. The molecule has 0 bridgehead atoms. The van der Waals surface area contributed by atoms with E-state index in [1.165, 1.54) is 53.4 Å². The summed E-state index contributed by atoms with van der Waals surface area (Å²) in [6, 6.07) is 25.7. The molecule has 4 rings (SSSR count). The minimum Gasteiger partial charge on any atom is -0.355 e. The average Bonchev–Trinajstić information content (AvgIpc) is 2.99. The lowest BCUT2D eigenvalue weighted by atomic mass is 10.0. The lowest BCUT2D eigenvalue weighted by molar-refractivity contribution is -0.140. The fourth-order valence-corrected chi connectivity index (χ4v) is 6.52. The zero-order chi connectivity index (χ0) is 31.0. The molecule has 4 aromatic carbocycles. The Kier molecular flexibility index (Phi) is 10.8. The maximum atomic E-state index is 14.9. The summed E-state index contributed by atoms with van der Waals surface area (Å²) in [4.78, 5) is 28.9. The van der Waals surface area contributed by atoms with Crippen molar-refractivity contribution in [2.24, 2.45) is 0 Å². The minimum absolute atomic E-state index is 0.0539. The molecule has 0 aromatic heterocycles. The summed E-state index contributed by atoms with van der Waals surface area (Å²) < 4.78 is 43.7. The van der Waals surface area contributed by atoms with E-state index in [2.05, 4.69) is 5.32 Å². The van der Waals surface area contributed by atoms with Crippen LogP contribution in [0, 0.1) is 5.82 Å². The number of likely N-dealkylation sites (N-methyl/N-ethyl adjacent to an activating group) is 1. The minimum atomic E-state index is -4.32. The van der Waals surface area contributed by atoms with Gasteiger partial charge in [0.15, 0.2) is 0 Å². The van der Waals surface area contributed by atoms with Gasteiger partial charge in [0.2, 0.25) is 11.8 Å². The molecule has 0 aliphatic carbocycles. The number of hydrogen-bond donors (Lipinski definition) is 1. The van der Waals surface area contributed by atoms with Crippen molar-refractivity contribution >= 4 is 50.7 Å². The molecule has 0 saturated heterocycles. The highest BCUT2D eigenvalue weighted by atomic mass is 35.5. The number of amides is 2. The number of carbonyl (C=O) groups is 2. The summed E-state index contributed by atoms with van der Waals surface area (Å²) in [5.41, 5.74) is 0.986. The molecule has 224 valence electrons. The second-order valence-corrected chi connectivity index (χ2v) is 12.4. The average molecular weight is 643 g/mol. The number of benzene rings is 4. The fraction of sp³-hybridized carbons (Fsp3) is 0.188. The second kappa shape index (κ2) is 14.5.